The Bertz CT molecular complexity index is 839. The van der Waals surface area contributed by atoms with E-state index in [0.29, 0.717) is 11.5 Å². The maximum Gasteiger partial charge on any atom is 0.209 e. The molecule has 0 saturated carbocycles. The van der Waals surface area contributed by atoms with Crippen LogP contribution >= 0.6 is 0 Å². The average Bonchev–Trinajstić information content (AvgIpc) is 2.77. The van der Waals surface area contributed by atoms with Crippen molar-refractivity contribution in [2.75, 3.05) is 0 Å². The lowest BCUT2D eigenvalue weighted by atomic mass is 9.97. The number of fused-ring (bicyclic) bond motifs is 1. The molecule has 0 radical (unpaired) electrons. The molecule has 0 aliphatic rings. The summed E-state index contributed by atoms with van der Waals surface area (Å²) in [5.74, 6) is 0.365. The summed E-state index contributed by atoms with van der Waals surface area (Å²) in [5.41, 5.74) is 6.89. The van der Waals surface area contributed by atoms with Crippen LogP contribution in [-0.4, -0.2) is 9.38 Å². The fourth-order valence-electron chi connectivity index (χ4n) is 3.00. The quantitative estimate of drug-likeness (QED) is 0.642. The summed E-state index contributed by atoms with van der Waals surface area (Å²) in [6, 6.07) is 8.09. The summed E-state index contributed by atoms with van der Waals surface area (Å²) in [5, 5.41) is 3.23. The number of pyridine rings is 1. The van der Waals surface area contributed by atoms with Gasteiger partial charge in [0.05, 0.1) is 0 Å². The minimum atomic E-state index is 0.365. The van der Waals surface area contributed by atoms with Crippen LogP contribution in [0.25, 0.3) is 16.9 Å². The van der Waals surface area contributed by atoms with Gasteiger partial charge >= 0.3 is 0 Å². The van der Waals surface area contributed by atoms with Crippen molar-refractivity contribution < 1.29 is 0 Å². The first-order valence-electron chi connectivity index (χ1n) is 6.92. The molecule has 1 aromatic carbocycles. The fraction of sp³-hybridized carbons (Fsp3) is 0.235. The lowest BCUT2D eigenvalue weighted by Gasteiger charge is -2.09. The number of benzene rings is 1. The Balaban J connectivity index is 2.41. The summed E-state index contributed by atoms with van der Waals surface area (Å²) >= 11 is 0. The smallest absolute Gasteiger partial charge is 0.209 e. The summed E-state index contributed by atoms with van der Waals surface area (Å²) in [6.45, 7) is 8.13. The molecule has 0 saturated heterocycles. The average molecular weight is 279 g/mol. The Morgan fingerprint density at radius 3 is 2.33 bits per heavy atom. The highest BCUT2D eigenvalue weighted by Gasteiger charge is 2.19. The molecule has 2 aromatic heterocycles. The second kappa shape index (κ2) is 4.81. The van der Waals surface area contributed by atoms with Crippen molar-refractivity contribution in [3.8, 4) is 11.3 Å². The number of hydrogen-bond donors (Lipinski definition) is 0. The molecule has 2 heterocycles. The SMILES string of the molecule is Cc1cc(C)c(-c2nc3c(C)cccn3c2N=O)c(C)c1. The van der Waals surface area contributed by atoms with Crippen molar-refractivity contribution in [3.63, 3.8) is 0 Å². The molecule has 4 nitrogen and oxygen atoms in total. The van der Waals surface area contributed by atoms with Crippen LogP contribution < -0.4 is 0 Å². The van der Waals surface area contributed by atoms with Gasteiger partial charge in [0.1, 0.15) is 11.3 Å². The Labute approximate surface area is 123 Å². The molecule has 4 heteroatoms. The molecule has 3 aromatic rings. The van der Waals surface area contributed by atoms with Gasteiger partial charge in [0, 0.05) is 11.8 Å². The van der Waals surface area contributed by atoms with Crippen LogP contribution in [0.4, 0.5) is 5.82 Å². The van der Waals surface area contributed by atoms with Gasteiger partial charge in [0.25, 0.3) is 0 Å². The highest BCUT2D eigenvalue weighted by atomic mass is 16.3. The normalized spacial score (nSPS) is 11.0. The number of nitrogens with zero attached hydrogens (tertiary/aromatic N) is 3. The molecule has 0 atom stereocenters. The van der Waals surface area contributed by atoms with Crippen LogP contribution in [0.15, 0.2) is 35.6 Å². The second-order valence-electron chi connectivity index (χ2n) is 5.53. The maximum atomic E-state index is 11.4. The van der Waals surface area contributed by atoms with E-state index in [1.54, 1.807) is 4.40 Å². The van der Waals surface area contributed by atoms with E-state index in [4.69, 9.17) is 0 Å². The summed E-state index contributed by atoms with van der Waals surface area (Å²) in [4.78, 5) is 16.0. The summed E-state index contributed by atoms with van der Waals surface area (Å²) in [7, 11) is 0. The molecule has 0 unspecified atom stereocenters. The van der Waals surface area contributed by atoms with Gasteiger partial charge in [-0.25, -0.2) is 4.98 Å². The number of hydrogen-bond acceptors (Lipinski definition) is 3. The number of rotatable bonds is 2. The number of aromatic nitrogens is 2. The van der Waals surface area contributed by atoms with Gasteiger partial charge in [-0.2, -0.15) is 0 Å². The maximum absolute atomic E-state index is 11.4. The minimum absolute atomic E-state index is 0.365. The highest BCUT2D eigenvalue weighted by molar-refractivity contribution is 5.79. The number of imidazole rings is 1. The number of nitroso groups, excluding NO2 is 1. The molecular weight excluding hydrogens is 262 g/mol. The van der Waals surface area contributed by atoms with Crippen LogP contribution in [0.3, 0.4) is 0 Å². The summed E-state index contributed by atoms with van der Waals surface area (Å²) < 4.78 is 1.76. The van der Waals surface area contributed by atoms with Gasteiger partial charge in [-0.05, 0) is 55.6 Å². The molecule has 0 bridgehead atoms. The fourth-order valence-corrected chi connectivity index (χ4v) is 3.00. The van der Waals surface area contributed by atoms with E-state index in [9.17, 15) is 4.91 Å². The molecular formula is C17H17N3O. The van der Waals surface area contributed by atoms with Gasteiger partial charge in [-0.3, -0.25) is 4.40 Å². The van der Waals surface area contributed by atoms with Gasteiger partial charge in [-0.1, -0.05) is 23.8 Å². The van der Waals surface area contributed by atoms with E-state index < -0.39 is 0 Å². The Morgan fingerprint density at radius 2 is 1.71 bits per heavy atom. The first-order valence-corrected chi connectivity index (χ1v) is 6.92. The Hall–Kier alpha value is -2.49. The van der Waals surface area contributed by atoms with Crippen LogP contribution in [-0.2, 0) is 0 Å². The molecule has 21 heavy (non-hydrogen) atoms. The lowest BCUT2D eigenvalue weighted by molar-refractivity contribution is 1.14. The van der Waals surface area contributed by atoms with Crippen molar-refractivity contribution in [1.82, 2.24) is 9.38 Å². The van der Waals surface area contributed by atoms with E-state index in [-0.39, 0.29) is 0 Å². The van der Waals surface area contributed by atoms with Crippen molar-refractivity contribution in [2.45, 2.75) is 27.7 Å². The van der Waals surface area contributed by atoms with Crippen LogP contribution in [0.5, 0.6) is 0 Å². The van der Waals surface area contributed by atoms with Gasteiger partial charge < -0.3 is 0 Å². The topological polar surface area (TPSA) is 46.7 Å². The van der Waals surface area contributed by atoms with Crippen molar-refractivity contribution >= 4 is 11.5 Å². The monoisotopic (exact) mass is 279 g/mol. The van der Waals surface area contributed by atoms with Crippen LogP contribution in [0.2, 0.25) is 0 Å². The minimum Gasteiger partial charge on any atom is -0.281 e. The molecule has 0 aliphatic heterocycles. The van der Waals surface area contributed by atoms with Crippen LogP contribution in [0.1, 0.15) is 22.3 Å². The third-order valence-corrected chi connectivity index (χ3v) is 3.82. The standard InChI is InChI=1S/C17H17N3O/c1-10-8-12(3)14(13(4)9-10)15-17(19-21)20-7-5-6-11(2)16(20)18-15/h5-9H,1-4H3. The van der Waals surface area contributed by atoms with Gasteiger partial charge in [0.2, 0.25) is 5.82 Å². The Morgan fingerprint density at radius 1 is 1.05 bits per heavy atom. The highest BCUT2D eigenvalue weighted by Crippen LogP contribution is 2.36. The van der Waals surface area contributed by atoms with E-state index >= 15 is 0 Å². The van der Waals surface area contributed by atoms with E-state index in [0.717, 1.165) is 27.9 Å². The van der Waals surface area contributed by atoms with E-state index in [1.807, 2.05) is 39.1 Å². The van der Waals surface area contributed by atoms with Crippen molar-refractivity contribution in [3.05, 3.63) is 57.6 Å². The van der Waals surface area contributed by atoms with Crippen LogP contribution in [0, 0.1) is 32.6 Å². The molecule has 0 amide bonds. The zero-order valence-corrected chi connectivity index (χ0v) is 12.6. The molecule has 3 rings (SSSR count). The van der Waals surface area contributed by atoms with E-state index in [1.165, 1.54) is 5.56 Å². The largest absolute Gasteiger partial charge is 0.281 e. The molecule has 0 N–H and O–H groups in total. The molecule has 0 aliphatic carbocycles. The van der Waals surface area contributed by atoms with Gasteiger partial charge in [0.15, 0.2) is 0 Å². The predicted octanol–water partition coefficient (Wildman–Crippen LogP) is 4.63. The number of aryl methyl sites for hydroxylation is 4. The predicted molar refractivity (Wildman–Crippen MR) is 85.0 cm³/mol. The van der Waals surface area contributed by atoms with Gasteiger partial charge in [-0.15, -0.1) is 4.91 Å². The molecule has 0 spiro atoms. The second-order valence-corrected chi connectivity index (χ2v) is 5.53. The zero-order valence-electron chi connectivity index (χ0n) is 12.6. The third kappa shape index (κ3) is 2.03. The zero-order chi connectivity index (χ0) is 15.1. The summed E-state index contributed by atoms with van der Waals surface area (Å²) in [6.07, 6.45) is 1.83. The lowest BCUT2D eigenvalue weighted by Crippen LogP contribution is -1.90. The van der Waals surface area contributed by atoms with Crippen molar-refractivity contribution in [2.24, 2.45) is 5.18 Å². The first-order chi connectivity index (χ1) is 10.0. The first kappa shape index (κ1) is 13.5. The molecule has 106 valence electrons. The molecule has 0 fully saturated rings. The third-order valence-electron chi connectivity index (χ3n) is 3.82. The van der Waals surface area contributed by atoms with E-state index in [2.05, 4.69) is 29.2 Å². The van der Waals surface area contributed by atoms with Crippen molar-refractivity contribution in [1.29, 1.82) is 0 Å². The Kier molecular flexibility index (Phi) is 3.09.